The molecule has 35 heavy (non-hydrogen) atoms. The van der Waals surface area contributed by atoms with E-state index in [4.69, 9.17) is 23.7 Å². The summed E-state index contributed by atoms with van der Waals surface area (Å²) < 4.78 is 26.3. The quantitative estimate of drug-likeness (QED) is 0.202. The minimum Gasteiger partial charge on any atom is -0.458 e. The number of carbonyl (C=O) groups is 5. The zero-order valence-corrected chi connectivity index (χ0v) is 20.8. The summed E-state index contributed by atoms with van der Waals surface area (Å²) in [4.78, 5) is 61.0. The van der Waals surface area contributed by atoms with Crippen LogP contribution in [-0.4, -0.2) is 61.4 Å². The topological polar surface area (TPSA) is 132 Å². The molecule has 0 spiro atoms. The lowest BCUT2D eigenvalue weighted by atomic mass is 10.1. The van der Waals surface area contributed by atoms with Crippen molar-refractivity contribution in [2.75, 3.05) is 13.2 Å². The van der Waals surface area contributed by atoms with Gasteiger partial charge < -0.3 is 23.7 Å². The lowest BCUT2D eigenvalue weighted by Gasteiger charge is -2.32. The van der Waals surface area contributed by atoms with E-state index in [0.29, 0.717) is 0 Å². The molecule has 10 nitrogen and oxygen atoms in total. The normalized spacial score (nSPS) is 12.6. The number of carbonyl (C=O) groups excluding carboxylic acids is 5. The number of esters is 5. The van der Waals surface area contributed by atoms with E-state index in [1.54, 1.807) is 0 Å². The second-order valence-electron chi connectivity index (χ2n) is 7.86. The van der Waals surface area contributed by atoms with E-state index < -0.39 is 61.4 Å². The molecular weight excluding hydrogens is 460 g/mol. The zero-order valence-electron chi connectivity index (χ0n) is 20.8. The van der Waals surface area contributed by atoms with Crippen molar-refractivity contribution < 1.29 is 47.7 Å². The Balaban J connectivity index is 6.46. The molecule has 0 aliphatic rings. The lowest BCUT2D eigenvalue weighted by Crippen LogP contribution is -2.50. The number of hydrogen-bond acceptors (Lipinski definition) is 10. The molecule has 2 unspecified atom stereocenters. The van der Waals surface area contributed by atoms with E-state index in [1.807, 2.05) is 0 Å². The molecule has 10 heteroatoms. The predicted molar refractivity (Wildman–Crippen MR) is 126 cm³/mol. The highest BCUT2D eigenvalue weighted by atomic mass is 16.6. The summed E-state index contributed by atoms with van der Waals surface area (Å²) in [5, 5.41) is 0. The molecule has 0 N–H and O–H groups in total. The predicted octanol–water partition coefficient (Wildman–Crippen LogP) is 2.69. The molecule has 0 aromatic heterocycles. The Morgan fingerprint density at radius 2 is 0.743 bits per heavy atom. The molecule has 0 saturated carbocycles. The van der Waals surface area contributed by atoms with Crippen LogP contribution < -0.4 is 0 Å². The van der Waals surface area contributed by atoms with Crippen molar-refractivity contribution in [2.45, 2.75) is 52.9 Å². The molecule has 0 saturated heterocycles. The van der Waals surface area contributed by atoms with Crippen LogP contribution in [0.3, 0.4) is 0 Å². The van der Waals surface area contributed by atoms with Gasteiger partial charge in [0.1, 0.15) is 13.2 Å². The van der Waals surface area contributed by atoms with Gasteiger partial charge in [-0.3, -0.25) is 0 Å². The van der Waals surface area contributed by atoms with Gasteiger partial charge in [0.25, 0.3) is 0 Å². The van der Waals surface area contributed by atoms with Crippen molar-refractivity contribution in [3.05, 3.63) is 60.8 Å². The molecule has 0 aliphatic carbocycles. The first-order valence-electron chi connectivity index (χ1n) is 10.3. The summed E-state index contributed by atoms with van der Waals surface area (Å²) in [6.45, 7) is 23.0. The van der Waals surface area contributed by atoms with Crippen molar-refractivity contribution in [1.29, 1.82) is 0 Å². The fourth-order valence-corrected chi connectivity index (χ4v) is 2.05. The first-order valence-corrected chi connectivity index (χ1v) is 10.3. The highest BCUT2D eigenvalue weighted by molar-refractivity contribution is 5.89. The summed E-state index contributed by atoms with van der Waals surface area (Å²) >= 11 is 0. The molecule has 0 rings (SSSR count). The average molecular weight is 493 g/mol. The van der Waals surface area contributed by atoms with Crippen LogP contribution in [0.25, 0.3) is 0 Å². The summed E-state index contributed by atoms with van der Waals surface area (Å²) in [5.74, 6) is -4.42. The van der Waals surface area contributed by atoms with Crippen LogP contribution in [0, 0.1) is 0 Å². The van der Waals surface area contributed by atoms with Crippen LogP contribution >= 0.6 is 0 Å². The molecule has 0 aromatic carbocycles. The van der Waals surface area contributed by atoms with Crippen molar-refractivity contribution in [2.24, 2.45) is 0 Å². The first-order chi connectivity index (χ1) is 16.1. The van der Waals surface area contributed by atoms with Gasteiger partial charge in [-0.1, -0.05) is 32.9 Å². The van der Waals surface area contributed by atoms with Gasteiger partial charge in [0.05, 0.1) is 0 Å². The van der Waals surface area contributed by atoms with Crippen LogP contribution in [0.1, 0.15) is 34.6 Å². The minimum absolute atomic E-state index is 0.0182. The summed E-state index contributed by atoms with van der Waals surface area (Å²) in [6, 6.07) is 0. The summed E-state index contributed by atoms with van der Waals surface area (Å²) in [7, 11) is 0. The maximum atomic E-state index is 12.4. The van der Waals surface area contributed by atoms with Gasteiger partial charge in [-0.2, -0.15) is 0 Å². The maximum Gasteiger partial charge on any atom is 0.333 e. The van der Waals surface area contributed by atoms with E-state index in [1.165, 1.54) is 34.6 Å². The lowest BCUT2D eigenvalue weighted by molar-refractivity contribution is -0.191. The third kappa shape index (κ3) is 11.1. The molecule has 0 heterocycles. The smallest absolute Gasteiger partial charge is 0.333 e. The highest BCUT2D eigenvalue weighted by Crippen LogP contribution is 2.19. The average Bonchev–Trinajstić information content (AvgIpc) is 2.76. The molecule has 0 fully saturated rings. The zero-order chi connectivity index (χ0) is 27.5. The van der Waals surface area contributed by atoms with Crippen molar-refractivity contribution in [1.82, 2.24) is 0 Å². The third-order valence-corrected chi connectivity index (χ3v) is 3.99. The van der Waals surface area contributed by atoms with Gasteiger partial charge >= 0.3 is 29.8 Å². The van der Waals surface area contributed by atoms with E-state index in [9.17, 15) is 24.0 Å². The third-order valence-electron chi connectivity index (χ3n) is 3.99. The minimum atomic E-state index is -1.61. The Hall–Kier alpha value is -3.95. The van der Waals surface area contributed by atoms with Gasteiger partial charge in [-0.25, -0.2) is 24.0 Å². The Morgan fingerprint density at radius 1 is 0.486 bits per heavy atom. The van der Waals surface area contributed by atoms with E-state index >= 15 is 0 Å². The second kappa shape index (κ2) is 14.3. The Bertz CT molecular complexity index is 878. The number of hydrogen-bond donors (Lipinski definition) is 0. The molecule has 2 atom stereocenters. The molecular formula is C25H32O10. The van der Waals surface area contributed by atoms with E-state index in [-0.39, 0.29) is 27.9 Å². The molecule has 0 aliphatic heterocycles. The van der Waals surface area contributed by atoms with E-state index in [2.05, 4.69) is 32.9 Å². The summed E-state index contributed by atoms with van der Waals surface area (Å²) in [6.07, 6.45) is -4.64. The van der Waals surface area contributed by atoms with Crippen molar-refractivity contribution in [3.63, 3.8) is 0 Å². The van der Waals surface area contributed by atoms with Gasteiger partial charge in [-0.15, -0.1) is 0 Å². The van der Waals surface area contributed by atoms with Gasteiger partial charge in [0.2, 0.25) is 0 Å². The van der Waals surface area contributed by atoms with Crippen molar-refractivity contribution in [3.8, 4) is 0 Å². The Labute approximate surface area is 204 Å². The first kappa shape index (κ1) is 31.0. The second-order valence-corrected chi connectivity index (χ2v) is 7.86. The molecule has 0 bridgehead atoms. The van der Waals surface area contributed by atoms with Gasteiger partial charge in [-0.05, 0) is 34.6 Å². The van der Waals surface area contributed by atoms with Crippen LogP contribution in [0.4, 0.5) is 0 Å². The SMILES string of the molecule is C=C(C)C(=O)OCC(OC(=O)C(=C)C)C(OC(=O)C(=C)C)C(COC(=O)C(=C)C)OC(=O)C(=C)C. The Morgan fingerprint density at radius 3 is 1.00 bits per heavy atom. The van der Waals surface area contributed by atoms with Gasteiger partial charge in [0, 0.05) is 27.9 Å². The monoisotopic (exact) mass is 492 g/mol. The standard InChI is InChI=1S/C25H32O10/c1-13(2)21(26)31-11-18(33-23(28)15(5)6)20(35-25(30)17(9)10)19(34-24(29)16(7)8)12-32-22(27)14(3)4/h18-20H,1,3,5,7,9,11-12H2,2,4,6,8,10H3. The van der Waals surface area contributed by atoms with Crippen LogP contribution in [0.15, 0.2) is 60.8 Å². The highest BCUT2D eigenvalue weighted by Gasteiger charge is 2.40. The molecule has 192 valence electrons. The molecule has 0 radical (unpaired) electrons. The Kier molecular flexibility index (Phi) is 12.7. The molecule has 0 amide bonds. The van der Waals surface area contributed by atoms with Crippen LogP contribution in [0.2, 0.25) is 0 Å². The molecule has 0 aromatic rings. The van der Waals surface area contributed by atoms with Crippen molar-refractivity contribution >= 4 is 29.8 Å². The maximum absolute atomic E-state index is 12.4. The number of ether oxygens (including phenoxy) is 5. The largest absolute Gasteiger partial charge is 0.458 e. The van der Waals surface area contributed by atoms with Crippen LogP contribution in [0.5, 0.6) is 0 Å². The fraction of sp³-hybridized carbons (Fsp3) is 0.400. The summed E-state index contributed by atoms with van der Waals surface area (Å²) in [5.41, 5.74) is 0.0193. The number of rotatable bonds is 14. The van der Waals surface area contributed by atoms with E-state index in [0.717, 1.165) is 0 Å². The fourth-order valence-electron chi connectivity index (χ4n) is 2.05. The van der Waals surface area contributed by atoms with Crippen LogP contribution in [-0.2, 0) is 47.7 Å². The van der Waals surface area contributed by atoms with Gasteiger partial charge in [0.15, 0.2) is 18.3 Å².